The van der Waals surface area contributed by atoms with Crippen molar-refractivity contribution in [3.8, 4) is 0 Å². The van der Waals surface area contributed by atoms with Crippen molar-refractivity contribution in [2.45, 2.75) is 243 Å². The topological polar surface area (TPSA) is 40.5 Å². The lowest BCUT2D eigenvalue weighted by molar-refractivity contribution is -0.129. The van der Waals surface area contributed by atoms with Gasteiger partial charge in [0.2, 0.25) is 0 Å². The van der Waals surface area contributed by atoms with Crippen molar-refractivity contribution >= 4 is 0 Å². The molecular formula is C58H102O2. The summed E-state index contributed by atoms with van der Waals surface area (Å²) in [5.41, 5.74) is 3.72. The summed E-state index contributed by atoms with van der Waals surface area (Å²) in [4.78, 5) is 0. The average Bonchev–Trinajstić information content (AvgIpc) is 3.75. The second-order valence-corrected chi connectivity index (χ2v) is 26.1. The first-order chi connectivity index (χ1) is 28.4. The van der Waals surface area contributed by atoms with Gasteiger partial charge in [-0.25, -0.2) is 0 Å². The standard InChI is InChI=1S/C29H52O.C29H50O/c2*1-7-21(19(2)3)9-8-20(4)25-12-13-26-24-11-10-22-18-23(30)14-16-28(22,5)27(24)15-17-29(25,26)6/h19-27,30H,7-18H2,1-6H3;10,19-21,23-27,30H,7-9,11-18H2,1-6H3/t20-,21+,22+,23+,24+,25-,26+,27+,28+,29-;20-,21+,23+,24+,25-,26+,27+,28+,29-/m11/s1. The molecule has 8 aliphatic rings. The minimum Gasteiger partial charge on any atom is -0.393 e. The predicted molar refractivity (Wildman–Crippen MR) is 256 cm³/mol. The molecule has 0 radical (unpaired) electrons. The van der Waals surface area contributed by atoms with Crippen molar-refractivity contribution in [3.05, 3.63) is 11.6 Å². The number of fused-ring (bicyclic) bond motifs is 10. The van der Waals surface area contributed by atoms with Crippen molar-refractivity contribution in [2.24, 2.45) is 110 Å². The van der Waals surface area contributed by atoms with E-state index in [1.54, 1.807) is 5.57 Å². The molecule has 0 unspecified atom stereocenters. The van der Waals surface area contributed by atoms with Crippen molar-refractivity contribution in [3.63, 3.8) is 0 Å². The van der Waals surface area contributed by atoms with Crippen molar-refractivity contribution in [1.82, 2.24) is 0 Å². The molecule has 8 rings (SSSR count). The number of aliphatic hydroxyl groups excluding tert-OH is 2. The molecule has 2 heteroatoms. The zero-order valence-corrected chi connectivity index (χ0v) is 42.1. The first-order valence-corrected chi connectivity index (χ1v) is 27.5. The van der Waals surface area contributed by atoms with Gasteiger partial charge in [0.1, 0.15) is 0 Å². The first-order valence-electron chi connectivity index (χ1n) is 27.5. The highest BCUT2D eigenvalue weighted by atomic mass is 16.3. The molecule has 0 aromatic heterocycles. The molecule has 19 atom stereocenters. The highest BCUT2D eigenvalue weighted by Gasteiger charge is 2.61. The fourth-order valence-corrected chi connectivity index (χ4v) is 19.2. The van der Waals surface area contributed by atoms with E-state index in [2.05, 4.69) is 89.2 Å². The Morgan fingerprint density at radius 2 is 1.03 bits per heavy atom. The van der Waals surface area contributed by atoms with Crippen LogP contribution < -0.4 is 0 Å². The van der Waals surface area contributed by atoms with Crippen LogP contribution in [-0.4, -0.2) is 22.4 Å². The van der Waals surface area contributed by atoms with Gasteiger partial charge in [-0.15, -0.1) is 0 Å². The Morgan fingerprint density at radius 3 is 1.58 bits per heavy atom. The Hall–Kier alpha value is -0.340. The number of rotatable bonds is 12. The molecule has 0 amide bonds. The molecule has 0 heterocycles. The Balaban J connectivity index is 0.000000181. The van der Waals surface area contributed by atoms with Crippen LogP contribution in [0.1, 0.15) is 231 Å². The van der Waals surface area contributed by atoms with Gasteiger partial charge >= 0.3 is 0 Å². The number of hydrogen-bond acceptors (Lipinski definition) is 2. The minimum atomic E-state index is -0.0794. The van der Waals surface area contributed by atoms with Crippen LogP contribution in [0.5, 0.6) is 0 Å². The zero-order chi connectivity index (χ0) is 43.4. The van der Waals surface area contributed by atoms with Crippen LogP contribution >= 0.6 is 0 Å². The SMILES string of the molecule is CC[C@@H](CC[C@@H](C)[C@H]1CC[C@H]2[C@@H]3CC=C4C[C@@H](O)CC[C@]4(C)[C@H]3CC[C@]12C)C(C)C.CC[C@@H](CC[C@@H](C)[C@H]1CC[C@H]2[C@@H]3CC[C@H]4C[C@@H](O)CC[C@]4(C)[C@H]3CC[C@]12C)C(C)C. The van der Waals surface area contributed by atoms with Crippen LogP contribution in [0.25, 0.3) is 0 Å². The molecule has 0 aromatic carbocycles. The van der Waals surface area contributed by atoms with Crippen molar-refractivity contribution in [2.75, 3.05) is 0 Å². The molecule has 7 fully saturated rings. The molecule has 0 spiro atoms. The summed E-state index contributed by atoms with van der Waals surface area (Å²) in [6, 6.07) is 0. The third-order valence-electron chi connectivity index (χ3n) is 23.2. The van der Waals surface area contributed by atoms with E-state index >= 15 is 0 Å². The van der Waals surface area contributed by atoms with Crippen LogP contribution in [0.3, 0.4) is 0 Å². The maximum absolute atomic E-state index is 10.3. The lowest BCUT2D eigenvalue weighted by Crippen LogP contribution is -2.54. The Labute approximate surface area is 373 Å². The highest BCUT2D eigenvalue weighted by molar-refractivity contribution is 5.25. The van der Waals surface area contributed by atoms with Gasteiger partial charge in [-0.2, -0.15) is 0 Å². The quantitative estimate of drug-likeness (QED) is 0.192. The van der Waals surface area contributed by atoms with Gasteiger partial charge in [-0.3, -0.25) is 0 Å². The minimum absolute atomic E-state index is 0.0111. The summed E-state index contributed by atoms with van der Waals surface area (Å²) in [6.07, 6.45) is 33.6. The Kier molecular flexibility index (Phi) is 15.0. The van der Waals surface area contributed by atoms with E-state index in [9.17, 15) is 10.2 Å². The Morgan fingerprint density at radius 1 is 0.533 bits per heavy atom. The fourth-order valence-electron chi connectivity index (χ4n) is 19.2. The van der Waals surface area contributed by atoms with Crippen LogP contribution in [0.15, 0.2) is 11.6 Å². The largest absolute Gasteiger partial charge is 0.393 e. The van der Waals surface area contributed by atoms with E-state index in [0.29, 0.717) is 21.7 Å². The molecular weight excluding hydrogens is 729 g/mol. The molecule has 0 aromatic rings. The van der Waals surface area contributed by atoms with E-state index in [4.69, 9.17) is 0 Å². The van der Waals surface area contributed by atoms with E-state index < -0.39 is 0 Å². The summed E-state index contributed by atoms with van der Waals surface area (Å²) >= 11 is 0. The maximum atomic E-state index is 10.3. The zero-order valence-electron chi connectivity index (χ0n) is 42.1. The van der Waals surface area contributed by atoms with Crippen LogP contribution in [-0.2, 0) is 0 Å². The molecule has 7 saturated carbocycles. The third-order valence-corrected chi connectivity index (χ3v) is 23.2. The predicted octanol–water partition coefficient (Wildman–Crippen LogP) is 16.1. The molecule has 8 aliphatic carbocycles. The molecule has 60 heavy (non-hydrogen) atoms. The summed E-state index contributed by atoms with van der Waals surface area (Å²) in [5, 5.41) is 20.5. The van der Waals surface area contributed by atoms with Gasteiger partial charge in [0.25, 0.3) is 0 Å². The summed E-state index contributed by atoms with van der Waals surface area (Å²) in [6.45, 7) is 30.3. The smallest absolute Gasteiger partial charge is 0.0577 e. The van der Waals surface area contributed by atoms with Crippen LogP contribution in [0.2, 0.25) is 0 Å². The highest BCUT2D eigenvalue weighted by Crippen LogP contribution is 2.70. The van der Waals surface area contributed by atoms with Gasteiger partial charge in [0.15, 0.2) is 0 Å². The Bertz CT molecular complexity index is 1430. The van der Waals surface area contributed by atoms with Crippen molar-refractivity contribution < 1.29 is 10.2 Å². The monoisotopic (exact) mass is 831 g/mol. The van der Waals surface area contributed by atoms with Gasteiger partial charge in [-0.1, -0.05) is 120 Å². The summed E-state index contributed by atoms with van der Waals surface area (Å²) in [7, 11) is 0. The van der Waals surface area contributed by atoms with E-state index in [1.807, 2.05) is 0 Å². The number of aliphatic hydroxyl groups is 2. The molecule has 0 bridgehead atoms. The van der Waals surface area contributed by atoms with E-state index in [1.165, 1.54) is 122 Å². The lowest BCUT2D eigenvalue weighted by Gasteiger charge is -2.61. The maximum Gasteiger partial charge on any atom is 0.0577 e. The molecule has 2 nitrogen and oxygen atoms in total. The number of allylic oxidation sites excluding steroid dienone is 1. The second kappa shape index (κ2) is 18.9. The first kappa shape index (κ1) is 47.6. The second-order valence-electron chi connectivity index (χ2n) is 26.1. The molecule has 0 aliphatic heterocycles. The average molecular weight is 831 g/mol. The third kappa shape index (κ3) is 8.72. The van der Waals surface area contributed by atoms with Gasteiger partial charge in [-0.05, 0) is 232 Å². The number of hydrogen-bond donors (Lipinski definition) is 2. The van der Waals surface area contributed by atoms with Crippen LogP contribution in [0.4, 0.5) is 0 Å². The molecule has 346 valence electrons. The van der Waals surface area contributed by atoms with E-state index in [0.717, 1.165) is 114 Å². The van der Waals surface area contributed by atoms with Crippen molar-refractivity contribution in [1.29, 1.82) is 0 Å². The fraction of sp³-hybridized carbons (Fsp3) is 0.966. The van der Waals surface area contributed by atoms with Gasteiger partial charge < -0.3 is 10.2 Å². The van der Waals surface area contributed by atoms with Crippen LogP contribution in [0, 0.1) is 110 Å². The van der Waals surface area contributed by atoms with Gasteiger partial charge in [0.05, 0.1) is 12.2 Å². The molecule has 0 saturated heterocycles. The normalized spacial score (nSPS) is 46.7. The molecule has 2 N–H and O–H groups in total. The van der Waals surface area contributed by atoms with E-state index in [-0.39, 0.29) is 12.2 Å². The summed E-state index contributed by atoms with van der Waals surface area (Å²) < 4.78 is 0. The van der Waals surface area contributed by atoms with Gasteiger partial charge in [0, 0.05) is 0 Å². The lowest BCUT2D eigenvalue weighted by atomic mass is 9.44. The summed E-state index contributed by atoms with van der Waals surface area (Å²) in [5.74, 6) is 13.7.